The number of fused-ring (bicyclic) bond motifs is 3. The van der Waals surface area contributed by atoms with E-state index in [0.29, 0.717) is 12.1 Å². The Morgan fingerprint density at radius 2 is 2.19 bits per heavy atom. The number of thioether (sulfide) groups is 1. The Morgan fingerprint density at radius 1 is 1.44 bits per heavy atom. The van der Waals surface area contributed by atoms with Gasteiger partial charge >= 0.3 is 0 Å². The zero-order chi connectivity index (χ0) is 11.3. The van der Waals surface area contributed by atoms with Crippen LogP contribution in [0.25, 0.3) is 0 Å². The number of rotatable bonds is 1. The summed E-state index contributed by atoms with van der Waals surface area (Å²) in [7, 11) is 0. The van der Waals surface area contributed by atoms with E-state index in [1.54, 1.807) is 18.7 Å². The second-order valence-corrected chi connectivity index (χ2v) is 5.75. The summed E-state index contributed by atoms with van der Waals surface area (Å²) >= 11 is 1.57. The number of carbonyl (C=O) groups excluding carboxylic acids is 1. The quantitative estimate of drug-likeness (QED) is 0.701. The molecule has 2 heterocycles. The molecule has 86 valence electrons. The van der Waals surface area contributed by atoms with Crippen molar-refractivity contribution in [3.8, 4) is 0 Å². The number of aliphatic imine (C=N–C) groups is 1. The summed E-state index contributed by atoms with van der Waals surface area (Å²) in [5.41, 5.74) is 1.13. The first kappa shape index (κ1) is 10.4. The number of carbonyl (C=O) groups is 1. The van der Waals surface area contributed by atoms with Crippen LogP contribution in [-0.2, 0) is 4.79 Å². The molecule has 0 N–H and O–H groups in total. The Bertz CT molecular complexity index is 413. The summed E-state index contributed by atoms with van der Waals surface area (Å²) in [5.74, 6) is 0.173. The van der Waals surface area contributed by atoms with Crippen molar-refractivity contribution in [3.63, 3.8) is 0 Å². The van der Waals surface area contributed by atoms with E-state index in [1.807, 2.05) is 0 Å². The third-order valence-corrected chi connectivity index (χ3v) is 4.98. The molecule has 2 atom stereocenters. The normalized spacial score (nSPS) is 32.6. The fourth-order valence-electron chi connectivity index (χ4n) is 2.96. The van der Waals surface area contributed by atoms with Gasteiger partial charge in [0.15, 0.2) is 11.0 Å². The Kier molecular flexibility index (Phi) is 2.35. The summed E-state index contributed by atoms with van der Waals surface area (Å²) in [6.07, 6.45) is 5.04. The first-order chi connectivity index (χ1) is 7.68. The van der Waals surface area contributed by atoms with Crippen molar-refractivity contribution in [2.24, 2.45) is 4.99 Å². The van der Waals surface area contributed by atoms with Crippen LogP contribution in [-0.4, -0.2) is 27.9 Å². The third kappa shape index (κ3) is 1.35. The fraction of sp³-hybridized carbons (Fsp3) is 0.667. The maximum atomic E-state index is 11.5. The van der Waals surface area contributed by atoms with E-state index in [2.05, 4.69) is 11.8 Å². The Morgan fingerprint density at radius 3 is 2.94 bits per heavy atom. The average Bonchev–Trinajstić information content (AvgIpc) is 2.75. The van der Waals surface area contributed by atoms with Crippen LogP contribution in [0.5, 0.6) is 0 Å². The highest BCUT2D eigenvalue weighted by molar-refractivity contribution is 8.18. The van der Waals surface area contributed by atoms with Gasteiger partial charge in [0, 0.05) is 5.70 Å². The number of allylic oxidation sites excluding steroid dienone is 2. The maximum absolute atomic E-state index is 11.5. The van der Waals surface area contributed by atoms with Gasteiger partial charge in [-0.2, -0.15) is 0 Å². The lowest BCUT2D eigenvalue weighted by Crippen LogP contribution is -2.38. The fourth-order valence-corrected chi connectivity index (χ4v) is 4.09. The average molecular weight is 236 g/mol. The minimum Gasteiger partial charge on any atom is -0.319 e. The zero-order valence-electron chi connectivity index (χ0n) is 9.69. The van der Waals surface area contributed by atoms with E-state index in [0.717, 1.165) is 15.8 Å². The van der Waals surface area contributed by atoms with Crippen LogP contribution in [0.1, 0.15) is 39.5 Å². The molecule has 3 aliphatic rings. The minimum atomic E-state index is 0.173. The molecule has 3 rings (SSSR count). The topological polar surface area (TPSA) is 32.7 Å². The predicted octanol–water partition coefficient (Wildman–Crippen LogP) is 2.54. The van der Waals surface area contributed by atoms with E-state index in [4.69, 9.17) is 4.99 Å². The van der Waals surface area contributed by atoms with Crippen molar-refractivity contribution in [1.29, 1.82) is 0 Å². The third-order valence-electron chi connectivity index (χ3n) is 3.71. The van der Waals surface area contributed by atoms with E-state index < -0.39 is 0 Å². The molecule has 0 amide bonds. The van der Waals surface area contributed by atoms with Gasteiger partial charge in [0.25, 0.3) is 0 Å². The van der Waals surface area contributed by atoms with E-state index in [1.165, 1.54) is 25.7 Å². The lowest BCUT2D eigenvalue weighted by atomic mass is 9.90. The highest BCUT2D eigenvalue weighted by Crippen LogP contribution is 2.44. The predicted molar refractivity (Wildman–Crippen MR) is 66.3 cm³/mol. The van der Waals surface area contributed by atoms with Gasteiger partial charge in [0.1, 0.15) is 0 Å². The largest absolute Gasteiger partial charge is 0.319 e. The SMILES string of the molecule is CC(=O)C1=C(C)N2C(=N[C@@H]3CCCC[C@H]32)S1. The second kappa shape index (κ2) is 3.62. The van der Waals surface area contributed by atoms with Crippen molar-refractivity contribution in [2.45, 2.75) is 51.6 Å². The van der Waals surface area contributed by atoms with Gasteiger partial charge in [0.05, 0.1) is 17.0 Å². The second-order valence-electron chi connectivity index (χ2n) is 4.77. The number of hydrogen-bond donors (Lipinski definition) is 0. The Balaban J connectivity index is 1.93. The molecular weight excluding hydrogens is 220 g/mol. The summed E-state index contributed by atoms with van der Waals surface area (Å²) in [4.78, 5) is 19.5. The molecule has 3 nitrogen and oxygen atoms in total. The number of hydrogen-bond acceptors (Lipinski definition) is 4. The van der Waals surface area contributed by atoms with Crippen molar-refractivity contribution in [1.82, 2.24) is 4.90 Å². The van der Waals surface area contributed by atoms with E-state index in [-0.39, 0.29) is 5.78 Å². The highest BCUT2D eigenvalue weighted by Gasteiger charge is 2.43. The maximum Gasteiger partial charge on any atom is 0.169 e. The van der Waals surface area contributed by atoms with Crippen molar-refractivity contribution in [3.05, 3.63) is 10.6 Å². The van der Waals surface area contributed by atoms with Gasteiger partial charge in [-0.25, -0.2) is 0 Å². The molecule has 0 aromatic rings. The van der Waals surface area contributed by atoms with Crippen LogP contribution in [0.2, 0.25) is 0 Å². The molecule has 0 spiro atoms. The summed E-state index contributed by atoms with van der Waals surface area (Å²) < 4.78 is 0. The molecule has 1 saturated carbocycles. The first-order valence-corrected chi connectivity index (χ1v) is 6.77. The molecule has 1 fully saturated rings. The zero-order valence-corrected chi connectivity index (χ0v) is 10.5. The van der Waals surface area contributed by atoms with Crippen LogP contribution < -0.4 is 0 Å². The van der Waals surface area contributed by atoms with Gasteiger partial charge in [-0.05, 0) is 38.5 Å². The van der Waals surface area contributed by atoms with Crippen LogP contribution in [0.4, 0.5) is 0 Å². The van der Waals surface area contributed by atoms with Gasteiger partial charge < -0.3 is 4.90 Å². The molecule has 2 aliphatic heterocycles. The van der Waals surface area contributed by atoms with Crippen LogP contribution >= 0.6 is 11.8 Å². The summed E-state index contributed by atoms with van der Waals surface area (Å²) in [5, 5.41) is 1.07. The van der Waals surface area contributed by atoms with Gasteiger partial charge in [-0.1, -0.05) is 12.8 Å². The van der Waals surface area contributed by atoms with Crippen LogP contribution in [0, 0.1) is 0 Å². The van der Waals surface area contributed by atoms with Gasteiger partial charge in [-0.15, -0.1) is 0 Å². The van der Waals surface area contributed by atoms with E-state index >= 15 is 0 Å². The van der Waals surface area contributed by atoms with Gasteiger partial charge in [-0.3, -0.25) is 9.79 Å². The molecule has 0 aromatic carbocycles. The molecule has 0 bridgehead atoms. The molecule has 0 radical (unpaired) electrons. The van der Waals surface area contributed by atoms with Gasteiger partial charge in [0.2, 0.25) is 0 Å². The van der Waals surface area contributed by atoms with E-state index in [9.17, 15) is 4.79 Å². The molecule has 4 heteroatoms. The summed E-state index contributed by atoms with van der Waals surface area (Å²) in [6, 6.07) is 1.02. The molecule has 0 unspecified atom stereocenters. The first-order valence-electron chi connectivity index (χ1n) is 5.95. The summed E-state index contributed by atoms with van der Waals surface area (Å²) in [6.45, 7) is 3.70. The van der Waals surface area contributed by atoms with Crippen molar-refractivity contribution >= 4 is 22.7 Å². The van der Waals surface area contributed by atoms with Crippen molar-refractivity contribution in [2.75, 3.05) is 0 Å². The smallest absolute Gasteiger partial charge is 0.169 e. The Labute approximate surface area is 100.0 Å². The lowest BCUT2D eigenvalue weighted by Gasteiger charge is -2.31. The number of amidine groups is 1. The Hall–Kier alpha value is -0.770. The molecule has 0 saturated heterocycles. The standard InChI is InChI=1S/C12H16N2OS/c1-7-11(8(2)15)16-12-13-9-5-3-4-6-10(9)14(7)12/h9-10H,3-6H2,1-2H3/t9-,10-/m1/s1. The van der Waals surface area contributed by atoms with Crippen LogP contribution in [0.3, 0.4) is 0 Å². The number of ketones is 1. The van der Waals surface area contributed by atoms with Crippen LogP contribution in [0.15, 0.2) is 15.6 Å². The number of Topliss-reactive ketones (excluding diaryl/α,β-unsaturated/α-hetero) is 1. The lowest BCUT2D eigenvalue weighted by molar-refractivity contribution is -0.113. The molecule has 0 aromatic heterocycles. The monoisotopic (exact) mass is 236 g/mol. The minimum absolute atomic E-state index is 0.173. The molecule has 1 aliphatic carbocycles. The molecule has 16 heavy (non-hydrogen) atoms. The highest BCUT2D eigenvalue weighted by atomic mass is 32.2. The van der Waals surface area contributed by atoms with Crippen molar-refractivity contribution < 1.29 is 4.79 Å². The molecular formula is C12H16N2OS. The number of nitrogens with zero attached hydrogens (tertiary/aromatic N) is 2.